The molecule has 0 bridgehead atoms. The van der Waals surface area contributed by atoms with Gasteiger partial charge in [-0.15, -0.1) is 0 Å². The molecule has 1 aliphatic heterocycles. The van der Waals surface area contributed by atoms with Crippen LogP contribution < -0.4 is 4.74 Å². The van der Waals surface area contributed by atoms with Gasteiger partial charge in [0.1, 0.15) is 11.6 Å². The lowest BCUT2D eigenvalue weighted by Gasteiger charge is -2.34. The zero-order valence-corrected chi connectivity index (χ0v) is 14.6. The molecule has 3 rings (SSSR count). The molecule has 1 aliphatic rings. The summed E-state index contributed by atoms with van der Waals surface area (Å²) in [5, 5.41) is 0.734. The van der Waals surface area contributed by atoms with Crippen LogP contribution in [-0.2, 0) is 11.3 Å². The summed E-state index contributed by atoms with van der Waals surface area (Å²) < 4.78 is 18.5. The molecule has 0 aromatic heterocycles. The van der Waals surface area contributed by atoms with Gasteiger partial charge >= 0.3 is 0 Å². The third kappa shape index (κ3) is 5.18. The monoisotopic (exact) mass is 362 g/mol. The summed E-state index contributed by atoms with van der Waals surface area (Å²) in [7, 11) is 0. The molecule has 0 saturated carbocycles. The first-order valence-electron chi connectivity index (χ1n) is 8.23. The average Bonchev–Trinajstić information content (AvgIpc) is 2.62. The molecule has 2 aromatic rings. The normalized spacial score (nSPS) is 15.2. The van der Waals surface area contributed by atoms with Crippen LogP contribution in [0, 0.1) is 5.82 Å². The molecule has 4 nitrogen and oxygen atoms in total. The van der Waals surface area contributed by atoms with Crippen LogP contribution in [-0.4, -0.2) is 48.5 Å². The minimum absolute atomic E-state index is 0.0688. The Morgan fingerprint density at radius 1 is 1.08 bits per heavy atom. The predicted octanol–water partition coefficient (Wildman–Crippen LogP) is 3.20. The molecule has 1 amide bonds. The van der Waals surface area contributed by atoms with Crippen LogP contribution in [0.3, 0.4) is 0 Å². The Kier molecular flexibility index (Phi) is 5.89. The Morgan fingerprint density at radius 2 is 1.80 bits per heavy atom. The van der Waals surface area contributed by atoms with Crippen molar-refractivity contribution in [2.24, 2.45) is 0 Å². The molecule has 0 spiro atoms. The molecule has 0 aliphatic carbocycles. The summed E-state index contributed by atoms with van der Waals surface area (Å²) in [5.41, 5.74) is 1.21. The number of amides is 1. The van der Waals surface area contributed by atoms with Gasteiger partial charge < -0.3 is 9.64 Å². The molecule has 0 radical (unpaired) electrons. The van der Waals surface area contributed by atoms with E-state index in [1.165, 1.54) is 17.7 Å². The second kappa shape index (κ2) is 8.32. The number of rotatable bonds is 5. The summed E-state index contributed by atoms with van der Waals surface area (Å²) in [5.74, 6) is -0.0779. The minimum atomic E-state index is -0.374. The SMILES string of the molecule is O=C(COc1cccc(F)c1)N1CCN(Cc2ccc(Cl)cc2)CC1. The molecule has 1 fully saturated rings. The van der Waals surface area contributed by atoms with E-state index in [0.717, 1.165) is 24.7 Å². The van der Waals surface area contributed by atoms with Gasteiger partial charge in [-0.1, -0.05) is 29.8 Å². The Bertz CT molecular complexity index is 716. The average molecular weight is 363 g/mol. The van der Waals surface area contributed by atoms with Crippen molar-refractivity contribution in [1.29, 1.82) is 0 Å². The summed E-state index contributed by atoms with van der Waals surface area (Å²) >= 11 is 5.90. The number of benzene rings is 2. The van der Waals surface area contributed by atoms with Crippen molar-refractivity contribution in [3.63, 3.8) is 0 Å². The van der Waals surface area contributed by atoms with Gasteiger partial charge in [-0.3, -0.25) is 9.69 Å². The molecular formula is C19H20ClFN2O2. The van der Waals surface area contributed by atoms with Crippen molar-refractivity contribution in [3.05, 3.63) is 64.9 Å². The summed E-state index contributed by atoms with van der Waals surface area (Å²) in [6.07, 6.45) is 0. The first-order chi connectivity index (χ1) is 12.1. The van der Waals surface area contributed by atoms with Gasteiger partial charge in [-0.05, 0) is 29.8 Å². The highest BCUT2D eigenvalue weighted by molar-refractivity contribution is 6.30. The number of carbonyl (C=O) groups is 1. The number of halogens is 2. The number of carbonyl (C=O) groups excluding carboxylic acids is 1. The standard InChI is InChI=1S/C19H20ClFN2O2/c20-16-6-4-15(5-7-16)13-22-8-10-23(11-9-22)19(24)14-25-18-3-1-2-17(21)12-18/h1-7,12H,8-11,13-14H2. The van der Waals surface area contributed by atoms with E-state index in [1.807, 2.05) is 24.3 Å². The third-order valence-corrected chi connectivity index (χ3v) is 4.45. The molecule has 25 heavy (non-hydrogen) atoms. The Labute approximate surface area is 151 Å². The molecule has 0 N–H and O–H groups in total. The summed E-state index contributed by atoms with van der Waals surface area (Å²) in [6, 6.07) is 13.6. The van der Waals surface area contributed by atoms with E-state index in [9.17, 15) is 9.18 Å². The molecule has 6 heteroatoms. The number of hydrogen-bond donors (Lipinski definition) is 0. The Hall–Kier alpha value is -2.11. The topological polar surface area (TPSA) is 32.8 Å². The molecule has 132 valence electrons. The van der Waals surface area contributed by atoms with E-state index < -0.39 is 0 Å². The van der Waals surface area contributed by atoms with Gasteiger partial charge in [0.2, 0.25) is 0 Å². The number of ether oxygens (including phenoxy) is 1. The van der Waals surface area contributed by atoms with Gasteiger partial charge in [0, 0.05) is 43.8 Å². The van der Waals surface area contributed by atoms with Gasteiger partial charge in [0.15, 0.2) is 6.61 Å². The van der Waals surface area contributed by atoms with Gasteiger partial charge in [0.05, 0.1) is 0 Å². The lowest BCUT2D eigenvalue weighted by atomic mass is 10.2. The maximum atomic E-state index is 13.1. The summed E-state index contributed by atoms with van der Waals surface area (Å²) in [4.78, 5) is 16.3. The maximum absolute atomic E-state index is 13.1. The van der Waals surface area contributed by atoms with Crippen molar-refractivity contribution >= 4 is 17.5 Å². The van der Waals surface area contributed by atoms with E-state index >= 15 is 0 Å². The Morgan fingerprint density at radius 3 is 2.48 bits per heavy atom. The van der Waals surface area contributed by atoms with Gasteiger partial charge in [0.25, 0.3) is 5.91 Å². The van der Waals surface area contributed by atoms with Crippen molar-refractivity contribution < 1.29 is 13.9 Å². The molecule has 0 unspecified atom stereocenters. The number of piperazine rings is 1. The van der Waals surface area contributed by atoms with Crippen LogP contribution in [0.5, 0.6) is 5.75 Å². The lowest BCUT2D eigenvalue weighted by molar-refractivity contribution is -0.135. The fraction of sp³-hybridized carbons (Fsp3) is 0.316. The minimum Gasteiger partial charge on any atom is -0.484 e. The second-order valence-electron chi connectivity index (χ2n) is 6.03. The van der Waals surface area contributed by atoms with E-state index in [-0.39, 0.29) is 18.3 Å². The van der Waals surface area contributed by atoms with E-state index in [0.29, 0.717) is 18.8 Å². The lowest BCUT2D eigenvalue weighted by Crippen LogP contribution is -2.49. The molecule has 2 aromatic carbocycles. The van der Waals surface area contributed by atoms with E-state index in [2.05, 4.69) is 4.90 Å². The highest BCUT2D eigenvalue weighted by Gasteiger charge is 2.21. The fourth-order valence-electron chi connectivity index (χ4n) is 2.80. The van der Waals surface area contributed by atoms with Crippen molar-refractivity contribution in [1.82, 2.24) is 9.80 Å². The van der Waals surface area contributed by atoms with Crippen LogP contribution >= 0.6 is 11.6 Å². The first kappa shape index (κ1) is 17.7. The highest BCUT2D eigenvalue weighted by Crippen LogP contribution is 2.14. The van der Waals surface area contributed by atoms with Crippen molar-refractivity contribution in [2.45, 2.75) is 6.54 Å². The fourth-order valence-corrected chi connectivity index (χ4v) is 2.92. The van der Waals surface area contributed by atoms with Gasteiger partial charge in [-0.25, -0.2) is 4.39 Å². The van der Waals surface area contributed by atoms with E-state index in [1.54, 1.807) is 17.0 Å². The molecule has 1 saturated heterocycles. The zero-order chi connectivity index (χ0) is 17.6. The van der Waals surface area contributed by atoms with Crippen LogP contribution in [0.1, 0.15) is 5.56 Å². The van der Waals surface area contributed by atoms with E-state index in [4.69, 9.17) is 16.3 Å². The number of nitrogens with zero attached hydrogens (tertiary/aromatic N) is 2. The van der Waals surface area contributed by atoms with Crippen molar-refractivity contribution in [2.75, 3.05) is 32.8 Å². The quantitative estimate of drug-likeness (QED) is 0.818. The van der Waals surface area contributed by atoms with Crippen LogP contribution in [0.15, 0.2) is 48.5 Å². The van der Waals surface area contributed by atoms with Crippen molar-refractivity contribution in [3.8, 4) is 5.75 Å². The smallest absolute Gasteiger partial charge is 0.260 e. The number of hydrogen-bond acceptors (Lipinski definition) is 3. The molecule has 0 atom stereocenters. The highest BCUT2D eigenvalue weighted by atomic mass is 35.5. The molecule has 1 heterocycles. The van der Waals surface area contributed by atoms with Crippen LogP contribution in [0.2, 0.25) is 5.02 Å². The summed E-state index contributed by atoms with van der Waals surface area (Å²) in [6.45, 7) is 3.74. The second-order valence-corrected chi connectivity index (χ2v) is 6.47. The third-order valence-electron chi connectivity index (χ3n) is 4.20. The van der Waals surface area contributed by atoms with Crippen LogP contribution in [0.25, 0.3) is 0 Å². The zero-order valence-electron chi connectivity index (χ0n) is 13.8. The maximum Gasteiger partial charge on any atom is 0.260 e. The Balaban J connectivity index is 1.43. The van der Waals surface area contributed by atoms with Crippen LogP contribution in [0.4, 0.5) is 4.39 Å². The predicted molar refractivity (Wildman–Crippen MR) is 95.2 cm³/mol. The largest absolute Gasteiger partial charge is 0.484 e. The first-order valence-corrected chi connectivity index (χ1v) is 8.61. The van der Waals surface area contributed by atoms with Gasteiger partial charge in [-0.2, -0.15) is 0 Å². The molecular weight excluding hydrogens is 343 g/mol.